The quantitative estimate of drug-likeness (QED) is 0.703. The molecule has 0 spiro atoms. The summed E-state index contributed by atoms with van der Waals surface area (Å²) >= 11 is 0. The Kier molecular flexibility index (Phi) is 4.05. The van der Waals surface area contributed by atoms with E-state index in [1.807, 2.05) is 0 Å². The fraction of sp³-hybridized carbons (Fsp3) is 0.923. The van der Waals surface area contributed by atoms with Gasteiger partial charge in [-0.25, -0.2) is 0 Å². The lowest BCUT2D eigenvalue weighted by molar-refractivity contribution is -0.147. The first-order chi connectivity index (χ1) is 8.14. The molecule has 3 N–H and O–H groups in total. The third-order valence-electron chi connectivity index (χ3n) is 4.31. The predicted octanol–water partition coefficient (Wildman–Crippen LogP) is 1.67. The highest BCUT2D eigenvalue weighted by atomic mass is 16.4. The monoisotopic (exact) mass is 241 g/mol. The van der Waals surface area contributed by atoms with Gasteiger partial charge in [0, 0.05) is 6.04 Å². The van der Waals surface area contributed by atoms with E-state index in [0.717, 1.165) is 44.9 Å². The Morgan fingerprint density at radius 3 is 2.29 bits per heavy atom. The molecule has 4 nitrogen and oxygen atoms in total. The van der Waals surface area contributed by atoms with Crippen molar-refractivity contribution in [3.05, 3.63) is 0 Å². The zero-order chi connectivity index (χ0) is 12.3. The third kappa shape index (κ3) is 2.80. The number of aliphatic hydroxyl groups is 1. The average molecular weight is 241 g/mol. The Hall–Kier alpha value is -0.610. The summed E-state index contributed by atoms with van der Waals surface area (Å²) in [6.45, 7) is 0. The Bertz CT molecular complexity index is 274. The van der Waals surface area contributed by atoms with Crippen LogP contribution in [-0.4, -0.2) is 33.9 Å². The summed E-state index contributed by atoms with van der Waals surface area (Å²) in [6.07, 6.45) is 7.94. The average Bonchev–Trinajstić information content (AvgIpc) is 2.33. The molecule has 2 aliphatic rings. The SMILES string of the molecule is O=C(O)C1(NC2CCCCC2O)CCCCC1. The number of carboxylic acids is 1. The second kappa shape index (κ2) is 5.36. The molecule has 2 fully saturated rings. The van der Waals surface area contributed by atoms with Gasteiger partial charge in [0.15, 0.2) is 0 Å². The number of carbonyl (C=O) groups is 1. The molecule has 2 atom stereocenters. The summed E-state index contributed by atoms with van der Waals surface area (Å²) in [5, 5.41) is 22.7. The molecule has 98 valence electrons. The summed E-state index contributed by atoms with van der Waals surface area (Å²) in [5.41, 5.74) is -0.777. The van der Waals surface area contributed by atoms with E-state index in [4.69, 9.17) is 0 Å². The van der Waals surface area contributed by atoms with Crippen LogP contribution >= 0.6 is 0 Å². The molecule has 0 aromatic carbocycles. The Labute approximate surface area is 102 Å². The van der Waals surface area contributed by atoms with Crippen LogP contribution in [0, 0.1) is 0 Å². The molecule has 0 aliphatic heterocycles. The summed E-state index contributed by atoms with van der Waals surface area (Å²) in [6, 6.07) is -0.0297. The van der Waals surface area contributed by atoms with Gasteiger partial charge in [0.1, 0.15) is 5.54 Å². The molecular weight excluding hydrogens is 218 g/mol. The van der Waals surface area contributed by atoms with Crippen molar-refractivity contribution >= 4 is 5.97 Å². The number of hydrogen-bond acceptors (Lipinski definition) is 3. The van der Waals surface area contributed by atoms with Gasteiger partial charge in [-0.05, 0) is 25.7 Å². The van der Waals surface area contributed by atoms with Gasteiger partial charge in [-0.15, -0.1) is 0 Å². The third-order valence-corrected chi connectivity index (χ3v) is 4.31. The lowest BCUT2D eigenvalue weighted by Gasteiger charge is -2.40. The van der Waals surface area contributed by atoms with E-state index >= 15 is 0 Å². The maximum absolute atomic E-state index is 11.5. The first-order valence-electron chi connectivity index (χ1n) is 6.83. The van der Waals surface area contributed by atoms with Crippen molar-refractivity contribution in [2.45, 2.75) is 75.5 Å². The van der Waals surface area contributed by atoms with Gasteiger partial charge in [-0.2, -0.15) is 0 Å². The van der Waals surface area contributed by atoms with Crippen molar-refractivity contribution in [3.63, 3.8) is 0 Å². The smallest absolute Gasteiger partial charge is 0.323 e. The van der Waals surface area contributed by atoms with Crippen LogP contribution in [0.2, 0.25) is 0 Å². The molecule has 2 saturated carbocycles. The van der Waals surface area contributed by atoms with Gasteiger partial charge in [0.2, 0.25) is 0 Å². The van der Waals surface area contributed by atoms with Crippen molar-refractivity contribution in [2.24, 2.45) is 0 Å². The van der Waals surface area contributed by atoms with E-state index in [1.54, 1.807) is 0 Å². The fourth-order valence-electron chi connectivity index (χ4n) is 3.21. The summed E-state index contributed by atoms with van der Waals surface area (Å²) in [4.78, 5) is 11.5. The van der Waals surface area contributed by atoms with Crippen LogP contribution in [0.5, 0.6) is 0 Å². The van der Waals surface area contributed by atoms with Crippen LogP contribution in [0.15, 0.2) is 0 Å². The van der Waals surface area contributed by atoms with E-state index in [9.17, 15) is 15.0 Å². The molecule has 17 heavy (non-hydrogen) atoms. The van der Waals surface area contributed by atoms with Crippen LogP contribution in [-0.2, 0) is 4.79 Å². The van der Waals surface area contributed by atoms with Gasteiger partial charge >= 0.3 is 5.97 Å². The summed E-state index contributed by atoms with van der Waals surface area (Å²) in [7, 11) is 0. The van der Waals surface area contributed by atoms with Crippen molar-refractivity contribution in [1.82, 2.24) is 5.32 Å². The zero-order valence-corrected chi connectivity index (χ0v) is 10.3. The maximum Gasteiger partial charge on any atom is 0.323 e. The van der Waals surface area contributed by atoms with Gasteiger partial charge < -0.3 is 10.2 Å². The molecule has 0 amide bonds. The number of nitrogens with one attached hydrogen (secondary N) is 1. The first-order valence-corrected chi connectivity index (χ1v) is 6.83. The lowest BCUT2D eigenvalue weighted by Crippen LogP contribution is -2.60. The summed E-state index contributed by atoms with van der Waals surface area (Å²) < 4.78 is 0. The molecule has 2 rings (SSSR count). The van der Waals surface area contributed by atoms with E-state index < -0.39 is 11.5 Å². The summed E-state index contributed by atoms with van der Waals surface area (Å²) in [5.74, 6) is -0.741. The van der Waals surface area contributed by atoms with Crippen molar-refractivity contribution < 1.29 is 15.0 Å². The number of hydrogen-bond donors (Lipinski definition) is 3. The van der Waals surface area contributed by atoms with Crippen LogP contribution in [0.3, 0.4) is 0 Å². The van der Waals surface area contributed by atoms with Gasteiger partial charge in [0.25, 0.3) is 0 Å². The van der Waals surface area contributed by atoms with Gasteiger partial charge in [-0.1, -0.05) is 32.1 Å². The number of rotatable bonds is 3. The maximum atomic E-state index is 11.5. The van der Waals surface area contributed by atoms with E-state index in [2.05, 4.69) is 5.32 Å². The van der Waals surface area contributed by atoms with Crippen molar-refractivity contribution in [2.75, 3.05) is 0 Å². The van der Waals surface area contributed by atoms with E-state index in [0.29, 0.717) is 12.8 Å². The van der Waals surface area contributed by atoms with Gasteiger partial charge in [0.05, 0.1) is 6.10 Å². The zero-order valence-electron chi connectivity index (χ0n) is 10.3. The standard InChI is InChI=1S/C13H23NO3/c15-11-7-3-2-6-10(11)14-13(12(16)17)8-4-1-5-9-13/h10-11,14-15H,1-9H2,(H,16,17). The predicted molar refractivity (Wildman–Crippen MR) is 64.9 cm³/mol. The second-order valence-corrected chi connectivity index (χ2v) is 5.55. The van der Waals surface area contributed by atoms with E-state index in [-0.39, 0.29) is 12.1 Å². The number of aliphatic carboxylic acids is 1. The normalized spacial score (nSPS) is 33.2. The van der Waals surface area contributed by atoms with Gasteiger partial charge in [-0.3, -0.25) is 10.1 Å². The number of aliphatic hydroxyl groups excluding tert-OH is 1. The Morgan fingerprint density at radius 2 is 1.71 bits per heavy atom. The molecule has 0 saturated heterocycles. The minimum absolute atomic E-state index is 0.0297. The highest BCUT2D eigenvalue weighted by molar-refractivity contribution is 5.79. The van der Waals surface area contributed by atoms with Crippen molar-refractivity contribution in [3.8, 4) is 0 Å². The second-order valence-electron chi connectivity index (χ2n) is 5.55. The Balaban J connectivity index is 2.03. The molecular formula is C13H23NO3. The van der Waals surface area contributed by atoms with Crippen LogP contribution in [0.1, 0.15) is 57.8 Å². The highest BCUT2D eigenvalue weighted by Gasteiger charge is 2.42. The first kappa shape index (κ1) is 12.8. The molecule has 2 aliphatic carbocycles. The van der Waals surface area contributed by atoms with Crippen LogP contribution in [0.25, 0.3) is 0 Å². The molecule has 4 heteroatoms. The molecule has 2 unspecified atom stereocenters. The fourth-order valence-corrected chi connectivity index (χ4v) is 3.21. The minimum atomic E-state index is -0.777. The molecule has 0 bridgehead atoms. The largest absolute Gasteiger partial charge is 0.480 e. The molecule has 0 aromatic heterocycles. The molecule has 0 heterocycles. The lowest BCUT2D eigenvalue weighted by atomic mass is 9.79. The van der Waals surface area contributed by atoms with E-state index in [1.165, 1.54) is 0 Å². The van der Waals surface area contributed by atoms with Crippen LogP contribution in [0.4, 0.5) is 0 Å². The minimum Gasteiger partial charge on any atom is -0.480 e. The topological polar surface area (TPSA) is 69.6 Å². The van der Waals surface area contributed by atoms with Crippen molar-refractivity contribution in [1.29, 1.82) is 0 Å². The van der Waals surface area contributed by atoms with Crippen LogP contribution < -0.4 is 5.32 Å². The molecule has 0 radical (unpaired) electrons. The Morgan fingerprint density at radius 1 is 1.06 bits per heavy atom. The molecule has 0 aromatic rings. The highest BCUT2D eigenvalue weighted by Crippen LogP contribution is 2.31. The number of carboxylic acid groups (broad SMARTS) is 1.